The fourth-order valence-electron chi connectivity index (χ4n) is 1.92. The Morgan fingerprint density at radius 1 is 1.29 bits per heavy atom. The van der Waals surface area contributed by atoms with E-state index in [0.717, 1.165) is 15.1 Å². The molecular weight excluding hydrogens is 324 g/mol. The summed E-state index contributed by atoms with van der Waals surface area (Å²) in [6.45, 7) is 0. The molecule has 1 amide bonds. The van der Waals surface area contributed by atoms with Crippen molar-refractivity contribution in [1.82, 2.24) is 4.98 Å². The zero-order valence-corrected chi connectivity index (χ0v) is 13.5. The average Bonchev–Trinajstić information content (AvgIpc) is 2.86. The topological polar surface area (TPSA) is 42.0 Å². The first-order chi connectivity index (χ1) is 10.2. The van der Waals surface area contributed by atoms with Crippen molar-refractivity contribution in [3.8, 4) is 0 Å². The summed E-state index contributed by atoms with van der Waals surface area (Å²) in [4.78, 5) is 17.1. The van der Waals surface area contributed by atoms with Gasteiger partial charge < -0.3 is 5.32 Å². The summed E-state index contributed by atoms with van der Waals surface area (Å²) < 4.78 is 1.00. The van der Waals surface area contributed by atoms with E-state index in [0.29, 0.717) is 15.6 Å². The highest BCUT2D eigenvalue weighted by Gasteiger charge is 2.17. The van der Waals surface area contributed by atoms with Crippen molar-refractivity contribution in [1.29, 1.82) is 0 Å². The quantitative estimate of drug-likeness (QED) is 0.691. The third-order valence-electron chi connectivity index (χ3n) is 2.94. The second kappa shape index (κ2) is 6.05. The number of benzene rings is 1. The first kappa shape index (κ1) is 14.4. The van der Waals surface area contributed by atoms with E-state index in [1.807, 2.05) is 42.7 Å². The first-order valence-electron chi connectivity index (χ1n) is 6.17. The van der Waals surface area contributed by atoms with E-state index in [1.165, 1.54) is 11.3 Å². The number of thioether (sulfide) groups is 1. The van der Waals surface area contributed by atoms with Crippen LogP contribution in [0.5, 0.6) is 0 Å². The molecule has 0 aliphatic rings. The maximum absolute atomic E-state index is 12.3. The van der Waals surface area contributed by atoms with E-state index in [2.05, 4.69) is 10.3 Å². The fraction of sp³-hybridized carbons (Fsp3) is 0.0667. The molecule has 0 saturated heterocycles. The first-order valence-corrected chi connectivity index (χ1v) is 8.59. The molecule has 6 heteroatoms. The molecule has 0 atom stereocenters. The third kappa shape index (κ3) is 2.90. The number of carbonyl (C=O) groups is 1. The number of halogens is 1. The maximum atomic E-state index is 12.3. The van der Waals surface area contributed by atoms with Crippen molar-refractivity contribution in [2.45, 2.75) is 5.03 Å². The van der Waals surface area contributed by atoms with Crippen LogP contribution in [0.4, 0.5) is 5.69 Å². The molecular formula is C15H11ClN2OS2. The number of nitrogens with zero attached hydrogens (tertiary/aromatic N) is 1. The molecule has 3 rings (SSSR count). The molecule has 1 N–H and O–H groups in total. The van der Waals surface area contributed by atoms with Gasteiger partial charge in [0, 0.05) is 10.1 Å². The Bertz CT molecular complexity index is 799. The Morgan fingerprint density at radius 3 is 2.76 bits per heavy atom. The number of fused-ring (bicyclic) bond motifs is 1. The van der Waals surface area contributed by atoms with Crippen molar-refractivity contribution in [3.05, 3.63) is 52.5 Å². The van der Waals surface area contributed by atoms with Crippen LogP contribution in [0.3, 0.4) is 0 Å². The highest BCUT2D eigenvalue weighted by molar-refractivity contribution is 7.98. The molecule has 0 bridgehead atoms. The molecule has 0 saturated carbocycles. The van der Waals surface area contributed by atoms with E-state index >= 15 is 0 Å². The molecule has 0 aliphatic carbocycles. The van der Waals surface area contributed by atoms with Crippen molar-refractivity contribution in [2.24, 2.45) is 0 Å². The molecule has 3 nitrogen and oxygen atoms in total. The standard InChI is InChI=1S/C15H11ClN2OS2/c1-20-12-7-6-9(8-17-12)18-15(19)14-13(16)10-4-2-3-5-11(10)21-14/h2-8H,1H3,(H,18,19). The zero-order valence-electron chi connectivity index (χ0n) is 11.1. The SMILES string of the molecule is CSc1ccc(NC(=O)c2sc3ccccc3c2Cl)cn1. The predicted molar refractivity (Wildman–Crippen MR) is 90.8 cm³/mol. The number of amides is 1. The number of hydrogen-bond donors (Lipinski definition) is 1. The number of carbonyl (C=O) groups excluding carboxylic acids is 1. The van der Waals surface area contributed by atoms with Crippen LogP contribution >= 0.6 is 34.7 Å². The van der Waals surface area contributed by atoms with Gasteiger partial charge >= 0.3 is 0 Å². The normalized spacial score (nSPS) is 10.8. The molecule has 21 heavy (non-hydrogen) atoms. The lowest BCUT2D eigenvalue weighted by molar-refractivity contribution is 0.103. The van der Waals surface area contributed by atoms with Crippen molar-refractivity contribution >= 4 is 56.4 Å². The lowest BCUT2D eigenvalue weighted by Crippen LogP contribution is -2.10. The summed E-state index contributed by atoms with van der Waals surface area (Å²) in [5, 5.41) is 5.15. The van der Waals surface area contributed by atoms with Crippen molar-refractivity contribution in [2.75, 3.05) is 11.6 Å². The van der Waals surface area contributed by atoms with Gasteiger partial charge in [-0.25, -0.2) is 4.98 Å². The Hall–Kier alpha value is -1.56. The number of anilines is 1. The molecule has 0 radical (unpaired) electrons. The molecule has 0 unspecified atom stereocenters. The van der Waals surface area contributed by atoms with Crippen LogP contribution in [0.25, 0.3) is 10.1 Å². The average molecular weight is 335 g/mol. The number of aromatic nitrogens is 1. The minimum Gasteiger partial charge on any atom is -0.320 e. The Morgan fingerprint density at radius 2 is 2.10 bits per heavy atom. The third-order valence-corrected chi connectivity index (χ3v) is 5.28. The Labute approximate surface area is 135 Å². The molecule has 0 aliphatic heterocycles. The van der Waals surface area contributed by atoms with Gasteiger partial charge in [-0.05, 0) is 24.5 Å². The van der Waals surface area contributed by atoms with Crippen LogP contribution in [0, 0.1) is 0 Å². The highest BCUT2D eigenvalue weighted by atomic mass is 35.5. The maximum Gasteiger partial charge on any atom is 0.267 e. The van der Waals surface area contributed by atoms with Gasteiger partial charge in [-0.3, -0.25) is 4.79 Å². The van der Waals surface area contributed by atoms with E-state index in [9.17, 15) is 4.79 Å². The molecule has 1 aromatic carbocycles. The van der Waals surface area contributed by atoms with Crippen molar-refractivity contribution in [3.63, 3.8) is 0 Å². The highest BCUT2D eigenvalue weighted by Crippen LogP contribution is 2.35. The minimum atomic E-state index is -0.208. The van der Waals surface area contributed by atoms with Crippen LogP contribution in [0.1, 0.15) is 9.67 Å². The summed E-state index contributed by atoms with van der Waals surface area (Å²) in [5.41, 5.74) is 0.659. The van der Waals surface area contributed by atoms with E-state index in [-0.39, 0.29) is 5.91 Å². The molecule has 0 spiro atoms. The van der Waals surface area contributed by atoms with Gasteiger partial charge in [0.05, 0.1) is 21.9 Å². The molecule has 3 aromatic rings. The lowest BCUT2D eigenvalue weighted by Gasteiger charge is -2.04. The van der Waals surface area contributed by atoms with Gasteiger partial charge in [0.25, 0.3) is 5.91 Å². The number of nitrogens with one attached hydrogen (secondary N) is 1. The van der Waals surface area contributed by atoms with Gasteiger partial charge in [0.15, 0.2) is 0 Å². The lowest BCUT2D eigenvalue weighted by atomic mass is 10.2. The molecule has 0 fully saturated rings. The fourth-order valence-corrected chi connectivity index (χ4v) is 3.70. The Balaban J connectivity index is 1.87. The largest absolute Gasteiger partial charge is 0.320 e. The Kier molecular flexibility index (Phi) is 4.14. The zero-order chi connectivity index (χ0) is 14.8. The summed E-state index contributed by atoms with van der Waals surface area (Å²) in [6.07, 6.45) is 3.60. The number of pyridine rings is 1. The summed E-state index contributed by atoms with van der Waals surface area (Å²) in [5.74, 6) is -0.208. The van der Waals surface area contributed by atoms with Gasteiger partial charge in [-0.15, -0.1) is 23.1 Å². The monoisotopic (exact) mass is 334 g/mol. The minimum absolute atomic E-state index is 0.208. The van der Waals surface area contributed by atoms with E-state index in [1.54, 1.807) is 18.0 Å². The second-order valence-electron chi connectivity index (χ2n) is 4.28. The second-order valence-corrected chi connectivity index (χ2v) is 6.54. The molecule has 2 heterocycles. The van der Waals surface area contributed by atoms with E-state index < -0.39 is 0 Å². The predicted octanol–water partition coefficient (Wildman–Crippen LogP) is 4.92. The molecule has 106 valence electrons. The van der Waals surface area contributed by atoms with Crippen LogP contribution < -0.4 is 5.32 Å². The number of thiophene rings is 1. The molecule has 2 aromatic heterocycles. The summed E-state index contributed by atoms with van der Waals surface area (Å²) in [6, 6.07) is 11.4. The van der Waals surface area contributed by atoms with Crippen LogP contribution in [0.2, 0.25) is 5.02 Å². The summed E-state index contributed by atoms with van der Waals surface area (Å²) in [7, 11) is 0. The smallest absolute Gasteiger partial charge is 0.267 e. The van der Waals surface area contributed by atoms with Gasteiger partial charge in [-0.2, -0.15) is 0 Å². The van der Waals surface area contributed by atoms with Crippen LogP contribution in [0.15, 0.2) is 47.6 Å². The van der Waals surface area contributed by atoms with Gasteiger partial charge in [0.2, 0.25) is 0 Å². The number of hydrogen-bond acceptors (Lipinski definition) is 4. The van der Waals surface area contributed by atoms with Crippen LogP contribution in [-0.4, -0.2) is 17.1 Å². The van der Waals surface area contributed by atoms with Gasteiger partial charge in [0.1, 0.15) is 4.88 Å². The van der Waals surface area contributed by atoms with E-state index in [4.69, 9.17) is 11.6 Å². The summed E-state index contributed by atoms with van der Waals surface area (Å²) >= 11 is 9.24. The number of rotatable bonds is 3. The van der Waals surface area contributed by atoms with Crippen LogP contribution in [-0.2, 0) is 0 Å². The van der Waals surface area contributed by atoms with Gasteiger partial charge in [-0.1, -0.05) is 29.8 Å². The van der Waals surface area contributed by atoms with Crippen molar-refractivity contribution < 1.29 is 4.79 Å².